The number of nitro benzene ring substituents is 1. The molecule has 0 aliphatic carbocycles. The van der Waals surface area contributed by atoms with Crippen LogP contribution in [0.3, 0.4) is 0 Å². The number of carbonyl (C=O) groups excluding carboxylic acids is 2. The molecule has 0 fully saturated rings. The molecule has 0 spiro atoms. The van der Waals surface area contributed by atoms with Crippen LogP contribution in [0.4, 0.5) is 5.69 Å². The molecule has 0 radical (unpaired) electrons. The predicted molar refractivity (Wildman–Crippen MR) is 80.0 cm³/mol. The van der Waals surface area contributed by atoms with Gasteiger partial charge in [-0.05, 0) is 18.6 Å². The van der Waals surface area contributed by atoms with Gasteiger partial charge in [0.25, 0.3) is 11.6 Å². The summed E-state index contributed by atoms with van der Waals surface area (Å²) >= 11 is 1.86. The van der Waals surface area contributed by atoms with Gasteiger partial charge in [0.1, 0.15) is 3.92 Å². The van der Waals surface area contributed by atoms with Crippen molar-refractivity contribution in [1.29, 1.82) is 0 Å². The maximum atomic E-state index is 11.9. The number of nitro groups is 1. The van der Waals surface area contributed by atoms with Gasteiger partial charge in [-0.25, -0.2) is 0 Å². The normalized spacial score (nSPS) is 11.6. The molecule has 1 amide bonds. The Balaban J connectivity index is 2.73. The van der Waals surface area contributed by atoms with Crippen molar-refractivity contribution in [2.75, 3.05) is 13.7 Å². The van der Waals surface area contributed by atoms with Gasteiger partial charge in [-0.3, -0.25) is 19.7 Å². The van der Waals surface area contributed by atoms with Gasteiger partial charge in [0.2, 0.25) is 0 Å². The van der Waals surface area contributed by atoms with Crippen LogP contribution in [0.5, 0.6) is 0 Å². The van der Waals surface area contributed by atoms with Crippen LogP contribution in [-0.4, -0.2) is 34.4 Å². The van der Waals surface area contributed by atoms with Crippen molar-refractivity contribution >= 4 is 40.2 Å². The minimum Gasteiger partial charge on any atom is -0.468 e. The molecule has 8 heteroatoms. The fourth-order valence-corrected chi connectivity index (χ4v) is 1.98. The first-order valence-electron chi connectivity index (χ1n) is 5.62. The summed E-state index contributed by atoms with van der Waals surface area (Å²) in [7, 11) is 1.27. The molecule has 7 nitrogen and oxygen atoms in total. The molecular weight excluding hydrogens is 379 g/mol. The first-order chi connectivity index (χ1) is 9.36. The van der Waals surface area contributed by atoms with Gasteiger partial charge in [0.05, 0.1) is 12.0 Å². The predicted octanol–water partition coefficient (Wildman–Crippen LogP) is 1.61. The molecular formula is C12H13IN2O5. The summed E-state index contributed by atoms with van der Waals surface area (Å²) in [4.78, 5) is 33.2. The molecule has 0 aliphatic rings. The number of methoxy groups -OCH3 is 1. The first kappa shape index (κ1) is 16.3. The van der Waals surface area contributed by atoms with E-state index in [1.165, 1.54) is 25.3 Å². The molecule has 1 N–H and O–H groups in total. The average Bonchev–Trinajstić information content (AvgIpc) is 2.43. The zero-order valence-electron chi connectivity index (χ0n) is 10.9. The number of alkyl halides is 1. The molecule has 0 bridgehead atoms. The van der Waals surface area contributed by atoms with Gasteiger partial charge in [0, 0.05) is 24.2 Å². The fraction of sp³-hybridized carbons (Fsp3) is 0.333. The number of non-ortho nitro benzene ring substituents is 1. The van der Waals surface area contributed by atoms with Gasteiger partial charge in [-0.2, -0.15) is 0 Å². The molecule has 0 aliphatic heterocycles. The van der Waals surface area contributed by atoms with E-state index in [4.69, 9.17) is 0 Å². The zero-order chi connectivity index (χ0) is 15.3. The van der Waals surface area contributed by atoms with Crippen molar-refractivity contribution in [3.63, 3.8) is 0 Å². The van der Waals surface area contributed by atoms with E-state index in [1.807, 2.05) is 22.6 Å². The number of nitrogens with zero attached hydrogens (tertiary/aromatic N) is 1. The summed E-state index contributed by atoms with van der Waals surface area (Å²) < 4.78 is 4.06. The maximum absolute atomic E-state index is 11.9. The first-order valence-corrected chi connectivity index (χ1v) is 6.86. The molecule has 1 unspecified atom stereocenters. The number of carbonyl (C=O) groups is 2. The number of amides is 1. The van der Waals surface area contributed by atoms with Gasteiger partial charge in [-0.15, -0.1) is 0 Å². The summed E-state index contributed by atoms with van der Waals surface area (Å²) in [5, 5.41) is 13.2. The molecule has 1 aromatic carbocycles. The summed E-state index contributed by atoms with van der Waals surface area (Å²) in [6, 6.07) is 3.99. The number of esters is 1. The van der Waals surface area contributed by atoms with E-state index in [-0.39, 0.29) is 18.1 Å². The van der Waals surface area contributed by atoms with E-state index in [2.05, 4.69) is 10.1 Å². The maximum Gasteiger partial charge on any atom is 0.320 e. The van der Waals surface area contributed by atoms with Crippen LogP contribution in [0.15, 0.2) is 18.2 Å². The number of benzene rings is 1. The van der Waals surface area contributed by atoms with Crippen LogP contribution in [0.1, 0.15) is 15.9 Å². The van der Waals surface area contributed by atoms with Crippen molar-refractivity contribution in [3.05, 3.63) is 39.4 Å². The van der Waals surface area contributed by atoms with E-state index >= 15 is 0 Å². The van der Waals surface area contributed by atoms with E-state index in [0.717, 1.165) is 0 Å². The van der Waals surface area contributed by atoms with E-state index in [1.54, 1.807) is 6.92 Å². The van der Waals surface area contributed by atoms with Crippen LogP contribution in [0.25, 0.3) is 0 Å². The van der Waals surface area contributed by atoms with Crippen molar-refractivity contribution in [2.24, 2.45) is 0 Å². The minimum atomic E-state index is -0.521. The second-order valence-corrected chi connectivity index (χ2v) is 5.46. The Hall–Kier alpha value is -1.71. The Morgan fingerprint density at radius 1 is 1.50 bits per heavy atom. The Morgan fingerprint density at radius 2 is 2.15 bits per heavy atom. The third-order valence-corrected chi connectivity index (χ3v) is 3.51. The van der Waals surface area contributed by atoms with Gasteiger partial charge in [-0.1, -0.05) is 22.6 Å². The number of rotatable bonds is 5. The van der Waals surface area contributed by atoms with Crippen LogP contribution >= 0.6 is 22.6 Å². The molecule has 20 heavy (non-hydrogen) atoms. The van der Waals surface area contributed by atoms with Crippen LogP contribution in [0, 0.1) is 17.0 Å². The smallest absolute Gasteiger partial charge is 0.320 e. The number of hydrogen-bond acceptors (Lipinski definition) is 5. The highest BCUT2D eigenvalue weighted by Crippen LogP contribution is 2.17. The topological polar surface area (TPSA) is 98.5 Å². The van der Waals surface area contributed by atoms with Gasteiger partial charge < -0.3 is 10.1 Å². The van der Waals surface area contributed by atoms with Crippen molar-refractivity contribution < 1.29 is 19.2 Å². The summed E-state index contributed by atoms with van der Waals surface area (Å²) in [5.74, 6) is -0.811. The van der Waals surface area contributed by atoms with Crippen LogP contribution in [0.2, 0.25) is 0 Å². The number of hydrogen-bond donors (Lipinski definition) is 1. The minimum absolute atomic E-state index is 0.0691. The Bertz CT molecular complexity index is 547. The van der Waals surface area contributed by atoms with Gasteiger partial charge in [0.15, 0.2) is 0 Å². The standard InChI is InChI=1S/C12H13IN2O5/c1-7-5-8(15(18)19)3-4-9(7)11(16)14-6-10(13)12(17)20-2/h3-5,10H,6H2,1-2H3,(H,14,16). The molecule has 1 atom stereocenters. The lowest BCUT2D eigenvalue weighted by Gasteiger charge is -2.10. The second kappa shape index (κ2) is 7.17. The lowest BCUT2D eigenvalue weighted by Crippen LogP contribution is -2.34. The van der Waals surface area contributed by atoms with Crippen molar-refractivity contribution in [2.45, 2.75) is 10.8 Å². The third-order valence-electron chi connectivity index (χ3n) is 2.56. The highest BCUT2D eigenvalue weighted by atomic mass is 127. The van der Waals surface area contributed by atoms with Crippen LogP contribution < -0.4 is 5.32 Å². The molecule has 1 aromatic rings. The highest BCUT2D eigenvalue weighted by molar-refractivity contribution is 14.1. The molecule has 108 valence electrons. The van der Waals surface area contributed by atoms with Gasteiger partial charge >= 0.3 is 5.97 Å². The quantitative estimate of drug-likeness (QED) is 0.270. The number of halogens is 1. The van der Waals surface area contributed by atoms with E-state index in [9.17, 15) is 19.7 Å². The second-order valence-electron chi connectivity index (χ2n) is 3.96. The molecule has 1 rings (SSSR count). The monoisotopic (exact) mass is 392 g/mol. The SMILES string of the molecule is COC(=O)C(I)CNC(=O)c1ccc([N+](=O)[O-])cc1C. The van der Waals surface area contributed by atoms with Crippen LogP contribution in [-0.2, 0) is 9.53 Å². The van der Waals surface area contributed by atoms with E-state index in [0.29, 0.717) is 11.1 Å². The lowest BCUT2D eigenvalue weighted by atomic mass is 10.1. The molecule has 0 saturated heterocycles. The Kier molecular flexibility index (Phi) is 5.86. The van der Waals surface area contributed by atoms with Crippen molar-refractivity contribution in [1.82, 2.24) is 5.32 Å². The van der Waals surface area contributed by atoms with Crippen molar-refractivity contribution in [3.8, 4) is 0 Å². The summed E-state index contributed by atoms with van der Waals surface area (Å²) in [6.07, 6.45) is 0. The lowest BCUT2D eigenvalue weighted by molar-refractivity contribution is -0.384. The third kappa shape index (κ3) is 4.15. The number of ether oxygens (including phenoxy) is 1. The average molecular weight is 392 g/mol. The number of aryl methyl sites for hydroxylation is 1. The molecule has 0 aromatic heterocycles. The largest absolute Gasteiger partial charge is 0.468 e. The highest BCUT2D eigenvalue weighted by Gasteiger charge is 2.18. The Morgan fingerprint density at radius 3 is 2.65 bits per heavy atom. The number of nitrogens with one attached hydrogen (secondary N) is 1. The summed E-state index contributed by atoms with van der Waals surface area (Å²) in [5.41, 5.74) is 0.768. The molecule has 0 saturated carbocycles. The molecule has 0 heterocycles. The fourth-order valence-electron chi connectivity index (χ4n) is 1.50. The Labute approximate surface area is 129 Å². The van der Waals surface area contributed by atoms with E-state index < -0.39 is 14.8 Å². The zero-order valence-corrected chi connectivity index (χ0v) is 13.0. The summed E-state index contributed by atoms with van der Waals surface area (Å²) in [6.45, 7) is 1.74.